The van der Waals surface area contributed by atoms with Crippen molar-refractivity contribution in [2.75, 3.05) is 6.61 Å². The summed E-state index contributed by atoms with van der Waals surface area (Å²) in [6, 6.07) is 34.4. The first-order chi connectivity index (χ1) is 20.2. The SMILES string of the molecule is C[C@@H]1C(N=[N+]=[N-])C(OCc2ccc3ccccc3c2)OC(CO[Si](c2ccccc2)(c2ccccc2)C(C)(C)C)[C@H]1O. The van der Waals surface area contributed by atoms with Crippen molar-refractivity contribution in [1.82, 2.24) is 0 Å². The largest absolute Gasteiger partial charge is 0.405 e. The minimum Gasteiger partial charge on any atom is -0.405 e. The number of aliphatic hydroxyl groups excluding tert-OH is 1. The molecule has 8 heteroatoms. The van der Waals surface area contributed by atoms with E-state index in [1.807, 2.05) is 61.5 Å². The first-order valence-corrected chi connectivity index (χ1v) is 16.4. The second kappa shape index (κ2) is 12.8. The van der Waals surface area contributed by atoms with E-state index in [1.165, 1.54) is 0 Å². The van der Waals surface area contributed by atoms with E-state index >= 15 is 0 Å². The second-order valence-corrected chi connectivity index (χ2v) is 16.4. The second-order valence-electron chi connectivity index (χ2n) is 12.1. The van der Waals surface area contributed by atoms with Gasteiger partial charge in [-0.05, 0) is 49.3 Å². The lowest BCUT2D eigenvalue weighted by Gasteiger charge is -2.46. The molecule has 1 aliphatic heterocycles. The number of azide groups is 1. The van der Waals surface area contributed by atoms with E-state index in [0.29, 0.717) is 0 Å². The van der Waals surface area contributed by atoms with Crippen LogP contribution in [0.5, 0.6) is 0 Å². The monoisotopic (exact) mass is 581 g/mol. The number of nitrogens with zero attached hydrogens (tertiary/aromatic N) is 3. The van der Waals surface area contributed by atoms with Gasteiger partial charge in [0, 0.05) is 4.91 Å². The van der Waals surface area contributed by atoms with Gasteiger partial charge in [-0.15, -0.1) is 0 Å². The van der Waals surface area contributed by atoms with Crippen LogP contribution in [0.15, 0.2) is 108 Å². The predicted molar refractivity (Wildman–Crippen MR) is 169 cm³/mol. The number of rotatable bonds is 9. The maximum absolute atomic E-state index is 11.4. The van der Waals surface area contributed by atoms with Crippen LogP contribution in [0.4, 0.5) is 0 Å². The Labute approximate surface area is 248 Å². The zero-order valence-corrected chi connectivity index (χ0v) is 25.6. The molecule has 0 amide bonds. The van der Waals surface area contributed by atoms with Crippen LogP contribution in [0.3, 0.4) is 0 Å². The summed E-state index contributed by atoms with van der Waals surface area (Å²) in [5.74, 6) is -0.399. The number of ether oxygens (including phenoxy) is 2. The van der Waals surface area contributed by atoms with Crippen molar-refractivity contribution in [2.24, 2.45) is 11.0 Å². The minimum absolute atomic E-state index is 0.164. The van der Waals surface area contributed by atoms with Crippen molar-refractivity contribution in [2.45, 2.75) is 63.9 Å². The van der Waals surface area contributed by atoms with Gasteiger partial charge in [0.1, 0.15) is 6.10 Å². The molecular formula is C34H39N3O4Si. The van der Waals surface area contributed by atoms with Gasteiger partial charge in [0.25, 0.3) is 8.32 Å². The van der Waals surface area contributed by atoms with Crippen molar-refractivity contribution >= 4 is 29.5 Å². The highest BCUT2D eigenvalue weighted by atomic mass is 28.4. The van der Waals surface area contributed by atoms with Crippen LogP contribution in [0.25, 0.3) is 21.2 Å². The molecule has 0 spiro atoms. The van der Waals surface area contributed by atoms with Crippen molar-refractivity contribution in [3.63, 3.8) is 0 Å². The van der Waals surface area contributed by atoms with Crippen LogP contribution >= 0.6 is 0 Å². The molecule has 0 bridgehead atoms. The molecule has 5 rings (SSSR count). The molecule has 218 valence electrons. The van der Waals surface area contributed by atoms with Gasteiger partial charge in [-0.1, -0.05) is 130 Å². The highest BCUT2D eigenvalue weighted by Crippen LogP contribution is 2.38. The highest BCUT2D eigenvalue weighted by molar-refractivity contribution is 6.99. The summed E-state index contributed by atoms with van der Waals surface area (Å²) in [6.07, 6.45) is -2.41. The molecule has 1 heterocycles. The van der Waals surface area contributed by atoms with E-state index in [0.717, 1.165) is 26.7 Å². The molecular weight excluding hydrogens is 542 g/mol. The minimum atomic E-state index is -2.85. The molecule has 1 fully saturated rings. The Kier molecular flexibility index (Phi) is 9.13. The Bertz CT molecular complexity index is 1480. The molecule has 42 heavy (non-hydrogen) atoms. The number of aliphatic hydroxyl groups is 1. The van der Waals surface area contributed by atoms with Crippen LogP contribution in [-0.4, -0.2) is 44.6 Å². The van der Waals surface area contributed by atoms with Gasteiger partial charge >= 0.3 is 0 Å². The van der Waals surface area contributed by atoms with Crippen molar-refractivity contribution < 1.29 is 19.0 Å². The van der Waals surface area contributed by atoms with Crippen molar-refractivity contribution in [3.05, 3.63) is 119 Å². The van der Waals surface area contributed by atoms with E-state index in [4.69, 9.17) is 13.9 Å². The van der Waals surface area contributed by atoms with Crippen LogP contribution in [0.2, 0.25) is 5.04 Å². The van der Waals surface area contributed by atoms with Gasteiger partial charge < -0.3 is 19.0 Å². The number of benzene rings is 4. The smallest absolute Gasteiger partial charge is 0.261 e. The molecule has 1 aliphatic rings. The van der Waals surface area contributed by atoms with E-state index in [9.17, 15) is 10.6 Å². The lowest BCUT2D eigenvalue weighted by molar-refractivity contribution is -0.255. The van der Waals surface area contributed by atoms with Crippen molar-refractivity contribution in [1.29, 1.82) is 0 Å². The lowest BCUT2D eigenvalue weighted by Crippen LogP contribution is -2.68. The molecule has 0 saturated carbocycles. The molecule has 0 aromatic heterocycles. The molecule has 1 N–H and O–H groups in total. The Morgan fingerprint density at radius 1 is 0.881 bits per heavy atom. The van der Waals surface area contributed by atoms with Gasteiger partial charge in [0.2, 0.25) is 0 Å². The Balaban J connectivity index is 1.42. The highest BCUT2D eigenvalue weighted by Gasteiger charge is 2.52. The zero-order chi connectivity index (χ0) is 29.7. The molecule has 0 radical (unpaired) electrons. The first kappa shape index (κ1) is 30.0. The third kappa shape index (κ3) is 6.01. The topological polar surface area (TPSA) is 96.7 Å². The summed E-state index contributed by atoms with van der Waals surface area (Å²) in [7, 11) is -2.85. The van der Waals surface area contributed by atoms with Gasteiger partial charge in [-0.2, -0.15) is 0 Å². The first-order valence-electron chi connectivity index (χ1n) is 14.5. The van der Waals surface area contributed by atoms with Crippen molar-refractivity contribution in [3.8, 4) is 0 Å². The predicted octanol–water partition coefficient (Wildman–Crippen LogP) is 6.33. The average Bonchev–Trinajstić information content (AvgIpc) is 3.00. The normalized spacial score (nSPS) is 22.9. The molecule has 0 aliphatic carbocycles. The summed E-state index contributed by atoms with van der Waals surface area (Å²) in [5.41, 5.74) is 10.3. The fraction of sp³-hybridized carbons (Fsp3) is 0.353. The van der Waals surface area contributed by atoms with Gasteiger partial charge in [-0.25, -0.2) is 0 Å². The molecule has 5 atom stereocenters. The van der Waals surface area contributed by atoms with Gasteiger partial charge in [0.05, 0.1) is 25.4 Å². The molecule has 7 nitrogen and oxygen atoms in total. The maximum Gasteiger partial charge on any atom is 0.261 e. The van der Waals surface area contributed by atoms with Crippen LogP contribution in [0, 0.1) is 5.92 Å². The average molecular weight is 582 g/mol. The van der Waals surface area contributed by atoms with E-state index in [1.54, 1.807) is 0 Å². The van der Waals surface area contributed by atoms with Crippen LogP contribution < -0.4 is 10.4 Å². The third-order valence-electron chi connectivity index (χ3n) is 8.34. The zero-order valence-electron chi connectivity index (χ0n) is 24.6. The summed E-state index contributed by atoms with van der Waals surface area (Å²) in [4.78, 5) is 3.04. The number of fused-ring (bicyclic) bond motifs is 1. The quantitative estimate of drug-likeness (QED) is 0.108. The summed E-state index contributed by atoms with van der Waals surface area (Å²) in [5, 5.41) is 19.7. The Hall–Kier alpha value is -3.49. The van der Waals surface area contributed by atoms with E-state index < -0.39 is 38.8 Å². The van der Waals surface area contributed by atoms with E-state index in [-0.39, 0.29) is 18.3 Å². The molecule has 4 aromatic rings. The Morgan fingerprint density at radius 2 is 1.48 bits per heavy atom. The third-order valence-corrected chi connectivity index (χ3v) is 13.3. The summed E-state index contributed by atoms with van der Waals surface area (Å²) >= 11 is 0. The molecule has 1 saturated heterocycles. The fourth-order valence-electron chi connectivity index (χ4n) is 6.09. The van der Waals surface area contributed by atoms with Gasteiger partial charge in [-0.3, -0.25) is 0 Å². The van der Waals surface area contributed by atoms with Gasteiger partial charge in [0.15, 0.2) is 6.29 Å². The lowest BCUT2D eigenvalue weighted by atomic mass is 9.89. The Morgan fingerprint density at radius 3 is 2.07 bits per heavy atom. The molecule has 3 unspecified atom stereocenters. The van der Waals surface area contributed by atoms with Crippen LogP contribution in [0.1, 0.15) is 33.3 Å². The summed E-state index contributed by atoms with van der Waals surface area (Å²) < 4.78 is 19.7. The summed E-state index contributed by atoms with van der Waals surface area (Å²) in [6.45, 7) is 8.96. The number of hydrogen-bond acceptors (Lipinski definition) is 5. The fourth-order valence-corrected chi connectivity index (χ4v) is 10.7. The van der Waals surface area contributed by atoms with E-state index in [2.05, 4.69) is 79.3 Å². The van der Waals surface area contributed by atoms with Crippen LogP contribution in [-0.2, 0) is 20.5 Å². The molecule has 4 aromatic carbocycles. The maximum atomic E-state index is 11.4. The number of hydrogen-bond donors (Lipinski definition) is 1. The standard InChI is InChI=1S/C34H39N3O4Si/c1-24-31(36-37-35)33(39-22-25-19-20-26-13-11-12-14-27(26)21-25)41-30(32(24)38)23-40-42(34(2,3)4,28-15-7-5-8-16-28)29-17-9-6-10-18-29/h5-21,24,30-33,38H,22-23H2,1-4H3/t24-,30?,31?,32+,33?/m1/s1.